The molecule has 0 fully saturated rings. The topological polar surface area (TPSA) is 87.9 Å². The van der Waals surface area contributed by atoms with Crippen LogP contribution in [-0.4, -0.2) is 89.9 Å². The van der Waals surface area contributed by atoms with Gasteiger partial charge >= 0.3 is 5.97 Å². The molecule has 0 bridgehead atoms. The Balaban J connectivity index is 2.51. The third-order valence-electron chi connectivity index (χ3n) is 5.17. The molecule has 4 atom stereocenters. The average Bonchev–Trinajstić information content (AvgIpc) is 2.81. The number of esters is 1. The van der Waals surface area contributed by atoms with Gasteiger partial charge < -0.3 is 23.7 Å². The van der Waals surface area contributed by atoms with Gasteiger partial charge in [0.25, 0.3) is 0 Å². The highest BCUT2D eigenvalue weighted by Gasteiger charge is 2.25. The summed E-state index contributed by atoms with van der Waals surface area (Å²) in [6.45, 7) is 11.0. The smallest absolute Gasteiger partial charge is 0.318 e. The Morgan fingerprint density at radius 3 is 2.36 bits per heavy atom. The number of ether oxygens (including phenoxy) is 5. The van der Waals surface area contributed by atoms with Crippen LogP contribution in [0.15, 0.2) is 21.6 Å². The number of allylic oxidation sites excluding steroid dienone is 1. The second-order valence-corrected chi connectivity index (χ2v) is 8.36. The predicted molar refractivity (Wildman–Crippen MR) is 132 cm³/mol. The summed E-state index contributed by atoms with van der Waals surface area (Å²) in [4.78, 5) is 21.6. The lowest BCUT2D eigenvalue weighted by atomic mass is 9.89. The largest absolute Gasteiger partial charge is 0.462 e. The molecule has 0 amide bonds. The highest BCUT2D eigenvalue weighted by molar-refractivity contribution is 6.00. The van der Waals surface area contributed by atoms with Gasteiger partial charge in [0.15, 0.2) is 0 Å². The molecule has 190 valence electrons. The lowest BCUT2D eigenvalue weighted by Crippen LogP contribution is -2.29. The molecular formula is C25H44N2O6. The van der Waals surface area contributed by atoms with E-state index in [1.807, 2.05) is 33.8 Å². The first-order valence-electron chi connectivity index (χ1n) is 12.1. The summed E-state index contributed by atoms with van der Waals surface area (Å²) in [6, 6.07) is 0. The molecule has 1 rings (SSSR count). The molecule has 8 heteroatoms. The maximum absolute atomic E-state index is 12.8. The Bertz CT molecular complexity index is 634. The molecule has 1 aliphatic carbocycles. The Kier molecular flexibility index (Phi) is 15.9. The first kappa shape index (κ1) is 29.4. The summed E-state index contributed by atoms with van der Waals surface area (Å²) in [6.07, 6.45) is 7.06. The van der Waals surface area contributed by atoms with E-state index in [-0.39, 0.29) is 30.9 Å². The minimum atomic E-state index is -0.492. The van der Waals surface area contributed by atoms with Crippen LogP contribution in [0.3, 0.4) is 0 Å². The molecule has 4 unspecified atom stereocenters. The van der Waals surface area contributed by atoms with Crippen molar-refractivity contribution in [1.29, 1.82) is 0 Å². The molecule has 0 saturated carbocycles. The molecule has 1 aliphatic rings. The van der Waals surface area contributed by atoms with Gasteiger partial charge in [-0.15, -0.1) is 0 Å². The van der Waals surface area contributed by atoms with E-state index >= 15 is 0 Å². The van der Waals surface area contributed by atoms with Crippen LogP contribution in [0.1, 0.15) is 53.4 Å². The molecular weight excluding hydrogens is 424 g/mol. The molecule has 0 aromatic heterocycles. The third kappa shape index (κ3) is 13.0. The standard InChI is InChI=1S/C25H44N2O6/c1-7-30-19(2)16-31-20(3)17-32-21(4)18-33-25(28)24(15-26-5)22-10-8-11-23(14-22)27-12-9-13-29-6/h14-15,19-21,24H,7-13,16-18H2,1-6H3. The third-order valence-corrected chi connectivity index (χ3v) is 5.17. The molecule has 0 N–H and O–H groups in total. The fourth-order valence-electron chi connectivity index (χ4n) is 3.41. The van der Waals surface area contributed by atoms with Gasteiger partial charge in [0.05, 0.1) is 31.5 Å². The highest BCUT2D eigenvalue weighted by atomic mass is 16.6. The number of rotatable bonds is 17. The SMILES string of the molecule is CCOC(C)COC(C)COC(C)COC(=O)C(C=NC)C1=CC(=NCCCOC)CCC1. The molecule has 0 radical (unpaired) electrons. The molecule has 0 spiro atoms. The van der Waals surface area contributed by atoms with Crippen LogP contribution in [0.4, 0.5) is 0 Å². The fourth-order valence-corrected chi connectivity index (χ4v) is 3.41. The van der Waals surface area contributed by atoms with E-state index in [2.05, 4.69) is 9.98 Å². The monoisotopic (exact) mass is 468 g/mol. The first-order valence-corrected chi connectivity index (χ1v) is 12.1. The van der Waals surface area contributed by atoms with Crippen LogP contribution in [0.2, 0.25) is 0 Å². The van der Waals surface area contributed by atoms with Crippen molar-refractivity contribution in [2.75, 3.05) is 53.7 Å². The van der Waals surface area contributed by atoms with E-state index in [0.717, 1.165) is 43.5 Å². The van der Waals surface area contributed by atoms with Crippen molar-refractivity contribution in [3.8, 4) is 0 Å². The molecule has 0 aromatic carbocycles. The van der Waals surface area contributed by atoms with E-state index in [1.54, 1.807) is 20.4 Å². The number of methoxy groups -OCH3 is 1. The zero-order valence-corrected chi connectivity index (χ0v) is 21.4. The van der Waals surface area contributed by atoms with Crippen LogP contribution in [0.5, 0.6) is 0 Å². The van der Waals surface area contributed by atoms with Gasteiger partial charge in [-0.25, -0.2) is 0 Å². The van der Waals surface area contributed by atoms with Crippen molar-refractivity contribution in [2.45, 2.75) is 71.7 Å². The second-order valence-electron chi connectivity index (χ2n) is 8.36. The number of carbonyl (C=O) groups is 1. The summed E-state index contributed by atoms with van der Waals surface area (Å²) in [7, 11) is 3.36. The Hall–Kier alpha value is -1.61. The Morgan fingerprint density at radius 2 is 1.73 bits per heavy atom. The quantitative estimate of drug-likeness (QED) is 0.184. The summed E-state index contributed by atoms with van der Waals surface area (Å²) in [5.74, 6) is -0.799. The average molecular weight is 469 g/mol. The van der Waals surface area contributed by atoms with Crippen molar-refractivity contribution in [2.24, 2.45) is 15.9 Å². The molecule has 8 nitrogen and oxygen atoms in total. The maximum Gasteiger partial charge on any atom is 0.318 e. The molecule has 0 aliphatic heterocycles. The van der Waals surface area contributed by atoms with E-state index in [9.17, 15) is 4.79 Å². The zero-order valence-electron chi connectivity index (χ0n) is 21.4. The van der Waals surface area contributed by atoms with E-state index in [1.165, 1.54) is 0 Å². The van der Waals surface area contributed by atoms with Crippen molar-refractivity contribution >= 4 is 17.9 Å². The van der Waals surface area contributed by atoms with Gasteiger partial charge in [0, 0.05) is 45.8 Å². The number of nitrogens with zero attached hydrogens (tertiary/aromatic N) is 2. The number of hydrogen-bond acceptors (Lipinski definition) is 8. The van der Waals surface area contributed by atoms with Crippen LogP contribution in [-0.2, 0) is 28.5 Å². The zero-order chi connectivity index (χ0) is 24.5. The number of carbonyl (C=O) groups excluding carboxylic acids is 1. The van der Waals surface area contributed by atoms with Crippen molar-refractivity contribution in [3.05, 3.63) is 11.6 Å². The van der Waals surface area contributed by atoms with Crippen molar-refractivity contribution in [1.82, 2.24) is 0 Å². The van der Waals surface area contributed by atoms with E-state index in [4.69, 9.17) is 23.7 Å². The normalized spacial score (nSPS) is 19.3. The van der Waals surface area contributed by atoms with Gasteiger partial charge in [-0.1, -0.05) is 0 Å². The number of hydrogen-bond donors (Lipinski definition) is 0. The van der Waals surface area contributed by atoms with Gasteiger partial charge in [-0.2, -0.15) is 0 Å². The lowest BCUT2D eigenvalue weighted by molar-refractivity contribution is -0.150. The summed E-state index contributed by atoms with van der Waals surface area (Å²) < 4.78 is 27.6. The van der Waals surface area contributed by atoms with Crippen molar-refractivity contribution in [3.63, 3.8) is 0 Å². The number of aliphatic imine (C=N–C) groups is 2. The Morgan fingerprint density at radius 1 is 1.06 bits per heavy atom. The maximum atomic E-state index is 12.8. The van der Waals surface area contributed by atoms with Gasteiger partial charge in [-0.3, -0.25) is 14.8 Å². The molecule has 0 heterocycles. The summed E-state index contributed by atoms with van der Waals surface area (Å²) >= 11 is 0. The van der Waals surface area contributed by atoms with Crippen molar-refractivity contribution < 1.29 is 28.5 Å². The Labute approximate surface area is 199 Å². The van der Waals surface area contributed by atoms with Crippen LogP contribution >= 0.6 is 0 Å². The lowest BCUT2D eigenvalue weighted by Gasteiger charge is -2.22. The first-order chi connectivity index (χ1) is 15.9. The van der Waals surface area contributed by atoms with E-state index < -0.39 is 5.92 Å². The van der Waals surface area contributed by atoms with Crippen LogP contribution in [0, 0.1) is 5.92 Å². The van der Waals surface area contributed by atoms with Gasteiger partial charge in [-0.05, 0) is 65.0 Å². The van der Waals surface area contributed by atoms with E-state index in [0.29, 0.717) is 26.4 Å². The van der Waals surface area contributed by atoms with Gasteiger partial charge in [0.2, 0.25) is 0 Å². The van der Waals surface area contributed by atoms with Gasteiger partial charge in [0.1, 0.15) is 12.5 Å². The second kappa shape index (κ2) is 17.8. The molecule has 0 aromatic rings. The predicted octanol–water partition coefficient (Wildman–Crippen LogP) is 3.67. The van der Waals surface area contributed by atoms with Crippen LogP contribution < -0.4 is 0 Å². The summed E-state index contributed by atoms with van der Waals surface area (Å²) in [5.41, 5.74) is 2.03. The minimum absolute atomic E-state index is 0.0537. The molecule has 33 heavy (non-hydrogen) atoms. The summed E-state index contributed by atoms with van der Waals surface area (Å²) in [5, 5.41) is 0. The molecule has 0 saturated heterocycles. The van der Waals surface area contributed by atoms with Crippen LogP contribution in [0.25, 0.3) is 0 Å². The highest BCUT2D eigenvalue weighted by Crippen LogP contribution is 2.24. The fraction of sp³-hybridized carbons (Fsp3) is 0.800. The minimum Gasteiger partial charge on any atom is -0.462 e.